The molecule has 0 saturated carbocycles. The lowest BCUT2D eigenvalue weighted by Gasteiger charge is -2.13. The molecule has 5 heteroatoms. The standard InChI is InChI=1S/C13H19N5/c1-11(10-17-12(2)9-15)13(5-6-14)16-7-8-18(3)4/h5-6,10,14,16H,1-2,7-8H2,3-4H3/b13-5-,14-6?,17-10+. The normalized spacial score (nSPS) is 11.3. The highest BCUT2D eigenvalue weighted by atomic mass is 15.1. The fourth-order valence-electron chi connectivity index (χ4n) is 1.03. The molecule has 0 bridgehead atoms. The lowest BCUT2D eigenvalue weighted by Crippen LogP contribution is -2.27. The molecule has 0 aliphatic carbocycles. The van der Waals surface area contributed by atoms with Crippen molar-refractivity contribution in [3.05, 3.63) is 36.2 Å². The van der Waals surface area contributed by atoms with E-state index in [1.165, 1.54) is 12.4 Å². The molecule has 0 fully saturated rings. The van der Waals surface area contributed by atoms with E-state index in [0.29, 0.717) is 11.3 Å². The third kappa shape index (κ3) is 7.14. The molecule has 0 heterocycles. The van der Waals surface area contributed by atoms with Crippen molar-refractivity contribution >= 4 is 12.4 Å². The number of nitrogens with one attached hydrogen (secondary N) is 2. The number of likely N-dealkylation sites (N-methyl/N-ethyl adjacent to an activating group) is 1. The van der Waals surface area contributed by atoms with Crippen LogP contribution in [0.2, 0.25) is 0 Å². The second-order valence-electron chi connectivity index (χ2n) is 3.82. The van der Waals surface area contributed by atoms with Crippen LogP contribution in [-0.2, 0) is 0 Å². The number of rotatable bonds is 8. The third-order valence-corrected chi connectivity index (χ3v) is 1.98. The fourth-order valence-corrected chi connectivity index (χ4v) is 1.03. The first-order chi connectivity index (χ1) is 8.51. The highest BCUT2D eigenvalue weighted by molar-refractivity contribution is 5.86. The third-order valence-electron chi connectivity index (χ3n) is 1.98. The average molecular weight is 245 g/mol. The predicted molar refractivity (Wildman–Crippen MR) is 75.8 cm³/mol. The van der Waals surface area contributed by atoms with E-state index in [-0.39, 0.29) is 5.70 Å². The molecular formula is C13H19N5. The van der Waals surface area contributed by atoms with Gasteiger partial charge in [0.25, 0.3) is 0 Å². The molecule has 0 aliphatic rings. The van der Waals surface area contributed by atoms with Gasteiger partial charge in [-0.1, -0.05) is 13.2 Å². The minimum absolute atomic E-state index is 0.124. The van der Waals surface area contributed by atoms with Gasteiger partial charge in [-0.15, -0.1) is 0 Å². The summed E-state index contributed by atoms with van der Waals surface area (Å²) < 4.78 is 0. The van der Waals surface area contributed by atoms with Crippen LogP contribution in [0.3, 0.4) is 0 Å². The summed E-state index contributed by atoms with van der Waals surface area (Å²) in [5.74, 6) is 0. The Morgan fingerprint density at radius 2 is 2.17 bits per heavy atom. The second-order valence-corrected chi connectivity index (χ2v) is 3.82. The summed E-state index contributed by atoms with van der Waals surface area (Å²) in [5, 5.41) is 18.8. The Morgan fingerprint density at radius 3 is 2.67 bits per heavy atom. The highest BCUT2D eigenvalue weighted by Crippen LogP contribution is 2.02. The number of hydrogen-bond acceptors (Lipinski definition) is 5. The van der Waals surface area contributed by atoms with Crippen LogP contribution in [0.15, 0.2) is 41.2 Å². The molecule has 0 spiro atoms. The number of nitriles is 1. The first-order valence-electron chi connectivity index (χ1n) is 5.43. The quantitative estimate of drug-likeness (QED) is 0.385. The van der Waals surface area contributed by atoms with Crippen molar-refractivity contribution in [2.45, 2.75) is 0 Å². The van der Waals surface area contributed by atoms with Crippen LogP contribution in [0, 0.1) is 16.7 Å². The van der Waals surface area contributed by atoms with Crippen LogP contribution < -0.4 is 5.32 Å². The van der Waals surface area contributed by atoms with E-state index in [1.807, 2.05) is 25.1 Å². The Labute approximate surface area is 108 Å². The number of nitrogens with zero attached hydrogens (tertiary/aromatic N) is 3. The molecular weight excluding hydrogens is 226 g/mol. The van der Waals surface area contributed by atoms with Gasteiger partial charge >= 0.3 is 0 Å². The van der Waals surface area contributed by atoms with E-state index in [4.69, 9.17) is 10.7 Å². The van der Waals surface area contributed by atoms with Crippen LogP contribution in [-0.4, -0.2) is 44.5 Å². The summed E-state index contributed by atoms with van der Waals surface area (Å²) >= 11 is 0. The van der Waals surface area contributed by atoms with Gasteiger partial charge < -0.3 is 15.6 Å². The Bertz CT molecular complexity index is 410. The van der Waals surface area contributed by atoms with Gasteiger partial charge in [0.05, 0.1) is 0 Å². The van der Waals surface area contributed by atoms with Gasteiger partial charge in [0, 0.05) is 36.8 Å². The number of allylic oxidation sites excluding steroid dienone is 3. The molecule has 0 atom stereocenters. The highest BCUT2D eigenvalue weighted by Gasteiger charge is 2.00. The first kappa shape index (κ1) is 15.8. The molecule has 0 amide bonds. The summed E-state index contributed by atoms with van der Waals surface area (Å²) in [6, 6.07) is 1.82. The van der Waals surface area contributed by atoms with Crippen LogP contribution >= 0.6 is 0 Å². The van der Waals surface area contributed by atoms with Crippen molar-refractivity contribution in [1.82, 2.24) is 10.2 Å². The zero-order valence-corrected chi connectivity index (χ0v) is 10.9. The minimum atomic E-state index is 0.124. The summed E-state index contributed by atoms with van der Waals surface area (Å²) in [6.45, 7) is 8.87. The molecule has 0 aromatic heterocycles. The van der Waals surface area contributed by atoms with E-state index in [9.17, 15) is 0 Å². The van der Waals surface area contributed by atoms with E-state index in [2.05, 4.69) is 23.5 Å². The smallest absolute Gasteiger partial charge is 0.133 e. The van der Waals surface area contributed by atoms with E-state index < -0.39 is 0 Å². The van der Waals surface area contributed by atoms with Gasteiger partial charge in [-0.3, -0.25) is 0 Å². The van der Waals surface area contributed by atoms with Crippen molar-refractivity contribution in [3.63, 3.8) is 0 Å². The number of aliphatic imine (C=N–C) groups is 1. The first-order valence-corrected chi connectivity index (χ1v) is 5.43. The summed E-state index contributed by atoms with van der Waals surface area (Å²) in [6.07, 6.45) is 4.23. The van der Waals surface area contributed by atoms with Gasteiger partial charge in [-0.25, -0.2) is 4.99 Å². The molecule has 18 heavy (non-hydrogen) atoms. The fraction of sp³-hybridized carbons (Fsp3) is 0.308. The zero-order chi connectivity index (χ0) is 14.0. The second kappa shape index (κ2) is 8.90. The molecule has 0 aromatic rings. The summed E-state index contributed by atoms with van der Waals surface area (Å²) in [4.78, 5) is 5.89. The Hall–Kier alpha value is -2.19. The Balaban J connectivity index is 4.52. The summed E-state index contributed by atoms with van der Waals surface area (Å²) in [5.41, 5.74) is 1.44. The van der Waals surface area contributed by atoms with Gasteiger partial charge in [0.15, 0.2) is 0 Å². The summed E-state index contributed by atoms with van der Waals surface area (Å²) in [7, 11) is 3.96. The average Bonchev–Trinajstić information content (AvgIpc) is 2.34. The van der Waals surface area contributed by atoms with Crippen molar-refractivity contribution in [2.24, 2.45) is 4.99 Å². The maximum Gasteiger partial charge on any atom is 0.133 e. The van der Waals surface area contributed by atoms with Crippen molar-refractivity contribution in [1.29, 1.82) is 10.7 Å². The molecule has 0 unspecified atom stereocenters. The van der Waals surface area contributed by atoms with Gasteiger partial charge in [-0.05, 0) is 20.2 Å². The van der Waals surface area contributed by atoms with Crippen molar-refractivity contribution < 1.29 is 0 Å². The SMILES string of the molecule is C=C(C#N)/N=C/C(=C)/C(=C/C=N)NCCN(C)C. The maximum atomic E-state index is 8.53. The van der Waals surface area contributed by atoms with Crippen LogP contribution in [0.5, 0.6) is 0 Å². The van der Waals surface area contributed by atoms with E-state index in [1.54, 1.807) is 6.08 Å². The van der Waals surface area contributed by atoms with Crippen LogP contribution in [0.25, 0.3) is 0 Å². The van der Waals surface area contributed by atoms with Crippen molar-refractivity contribution in [2.75, 3.05) is 27.2 Å². The van der Waals surface area contributed by atoms with Gasteiger partial charge in [0.1, 0.15) is 11.8 Å². The largest absolute Gasteiger partial charge is 0.383 e. The molecule has 0 rings (SSSR count). The number of hydrogen-bond donors (Lipinski definition) is 2. The van der Waals surface area contributed by atoms with E-state index in [0.717, 1.165) is 13.1 Å². The Morgan fingerprint density at radius 1 is 1.50 bits per heavy atom. The molecule has 0 radical (unpaired) electrons. The predicted octanol–water partition coefficient (Wildman–Crippen LogP) is 1.34. The molecule has 0 saturated heterocycles. The van der Waals surface area contributed by atoms with Gasteiger partial charge in [-0.2, -0.15) is 5.26 Å². The monoisotopic (exact) mass is 245 g/mol. The lowest BCUT2D eigenvalue weighted by molar-refractivity contribution is 0.408. The van der Waals surface area contributed by atoms with Crippen LogP contribution in [0.4, 0.5) is 0 Å². The molecule has 2 N–H and O–H groups in total. The molecule has 0 aromatic carbocycles. The minimum Gasteiger partial charge on any atom is -0.383 e. The maximum absolute atomic E-state index is 8.53. The van der Waals surface area contributed by atoms with Crippen molar-refractivity contribution in [3.8, 4) is 6.07 Å². The van der Waals surface area contributed by atoms with Crippen LogP contribution in [0.1, 0.15) is 0 Å². The lowest BCUT2D eigenvalue weighted by atomic mass is 10.2. The Kier molecular flexibility index (Phi) is 7.82. The topological polar surface area (TPSA) is 75.3 Å². The molecule has 5 nitrogen and oxygen atoms in total. The zero-order valence-electron chi connectivity index (χ0n) is 10.9. The molecule has 0 aliphatic heterocycles. The molecule has 96 valence electrons. The van der Waals surface area contributed by atoms with E-state index >= 15 is 0 Å². The van der Waals surface area contributed by atoms with Gasteiger partial charge in [0.2, 0.25) is 0 Å².